The topological polar surface area (TPSA) is 80.5 Å². The van der Waals surface area contributed by atoms with Gasteiger partial charge in [0.15, 0.2) is 0 Å². The van der Waals surface area contributed by atoms with Gasteiger partial charge in [0.05, 0.1) is 30.0 Å². The molecule has 0 radical (unpaired) electrons. The number of carboxylic acid groups (broad SMARTS) is 1. The maximum Gasteiger partial charge on any atom is 0.303 e. The molecule has 0 spiro atoms. The molecule has 2 saturated heterocycles. The number of hydrogen-bond donors (Lipinski definition) is 1. The molecule has 0 unspecified atom stereocenters. The highest BCUT2D eigenvalue weighted by atomic mass is 19.3. The smallest absolute Gasteiger partial charge is 0.303 e. The van der Waals surface area contributed by atoms with Crippen molar-refractivity contribution in [2.24, 2.45) is 5.92 Å². The molecular weight excluding hydrogens is 375 g/mol. The number of alkyl halides is 2. The van der Waals surface area contributed by atoms with Crippen LogP contribution in [0.2, 0.25) is 5.11 Å². The average Bonchev–Trinajstić information content (AvgIpc) is 2.83. The predicted molar refractivity (Wildman–Crippen MR) is 113 cm³/mol. The molecular formula is C18H23B3F2N4O2. The molecule has 2 fully saturated rings. The lowest BCUT2D eigenvalue weighted by molar-refractivity contribution is -0.138. The van der Waals surface area contributed by atoms with Crippen molar-refractivity contribution in [3.63, 3.8) is 0 Å². The molecule has 11 heteroatoms. The third-order valence-corrected chi connectivity index (χ3v) is 6.44. The Hall–Kier alpha value is -2.24. The number of hydrogen-bond acceptors (Lipinski definition) is 5. The zero-order valence-corrected chi connectivity index (χ0v) is 17.0. The maximum atomic E-state index is 14.8. The van der Waals surface area contributed by atoms with Crippen LogP contribution < -0.4 is 9.80 Å². The van der Waals surface area contributed by atoms with E-state index >= 15 is 0 Å². The lowest BCUT2D eigenvalue weighted by Crippen LogP contribution is -2.56. The number of carbonyl (C=O) groups is 1. The van der Waals surface area contributed by atoms with Crippen molar-refractivity contribution < 1.29 is 18.7 Å². The Morgan fingerprint density at radius 3 is 2.55 bits per heavy atom. The highest BCUT2D eigenvalue weighted by Gasteiger charge is 2.48. The van der Waals surface area contributed by atoms with Crippen LogP contribution >= 0.6 is 0 Å². The Morgan fingerprint density at radius 1 is 1.34 bits per heavy atom. The summed E-state index contributed by atoms with van der Waals surface area (Å²) in [5.41, 5.74) is 0.293. The van der Waals surface area contributed by atoms with E-state index in [9.17, 15) is 18.8 Å². The molecule has 0 aromatic carbocycles. The normalized spacial score (nSPS) is 23.1. The highest BCUT2D eigenvalue weighted by molar-refractivity contribution is 6.59. The summed E-state index contributed by atoms with van der Waals surface area (Å²) < 4.78 is 29.6. The first-order valence-electron chi connectivity index (χ1n) is 10.1. The van der Waals surface area contributed by atoms with E-state index in [1.807, 2.05) is 15.9 Å². The van der Waals surface area contributed by atoms with Crippen molar-refractivity contribution >= 4 is 41.1 Å². The molecule has 0 amide bonds. The van der Waals surface area contributed by atoms with E-state index in [1.165, 1.54) is 0 Å². The van der Waals surface area contributed by atoms with E-state index in [1.54, 1.807) is 0 Å². The molecule has 29 heavy (non-hydrogen) atoms. The molecule has 3 heterocycles. The van der Waals surface area contributed by atoms with Crippen molar-refractivity contribution in [3.8, 4) is 6.07 Å². The Balaban J connectivity index is 1.77. The molecule has 4 rings (SSSR count). The van der Waals surface area contributed by atoms with Crippen LogP contribution in [-0.2, 0) is 17.1 Å². The first-order chi connectivity index (χ1) is 13.5. The number of anilines is 2. The van der Waals surface area contributed by atoms with Crippen LogP contribution in [0.5, 0.6) is 0 Å². The standard InChI is InChI=1S/C18H23B3F2N4O2/c19-18(20,21)12-2-4-27(12)16-11(6-24)14-10(1-3-17(14,22)23)15(25-16)26-7-9(8-26)5-13(28)29/h9,12H,1-5,7-8,19-21H2,(H,28,29)/t12-/m1/s1. The summed E-state index contributed by atoms with van der Waals surface area (Å²) in [7, 11) is 6.31. The van der Waals surface area contributed by atoms with Crippen molar-refractivity contribution in [3.05, 3.63) is 16.7 Å². The number of halogens is 2. The quantitative estimate of drug-likeness (QED) is 0.672. The number of pyridine rings is 1. The predicted octanol–water partition coefficient (Wildman–Crippen LogP) is -0.546. The fourth-order valence-electron chi connectivity index (χ4n) is 4.88. The second kappa shape index (κ2) is 6.64. The third-order valence-electron chi connectivity index (χ3n) is 6.44. The van der Waals surface area contributed by atoms with Crippen LogP contribution in [-0.4, -0.2) is 65.3 Å². The molecule has 1 aromatic heterocycles. The number of nitriles is 1. The van der Waals surface area contributed by atoms with Crippen LogP contribution in [0.15, 0.2) is 0 Å². The van der Waals surface area contributed by atoms with Crippen LogP contribution in [0.25, 0.3) is 0 Å². The van der Waals surface area contributed by atoms with E-state index in [0.717, 1.165) is 6.42 Å². The Morgan fingerprint density at radius 2 is 2.03 bits per heavy atom. The number of carboxylic acids is 1. The van der Waals surface area contributed by atoms with E-state index in [-0.39, 0.29) is 47.5 Å². The zero-order chi connectivity index (χ0) is 21.1. The zero-order valence-electron chi connectivity index (χ0n) is 17.0. The van der Waals surface area contributed by atoms with Crippen molar-refractivity contribution in [1.82, 2.24) is 4.98 Å². The minimum Gasteiger partial charge on any atom is -0.481 e. The van der Waals surface area contributed by atoms with Gasteiger partial charge >= 0.3 is 5.97 Å². The van der Waals surface area contributed by atoms with E-state index in [2.05, 4.69) is 23.5 Å². The maximum absolute atomic E-state index is 14.8. The van der Waals surface area contributed by atoms with Crippen LogP contribution in [0, 0.1) is 17.2 Å². The summed E-state index contributed by atoms with van der Waals surface area (Å²) in [5, 5.41) is 18.7. The molecule has 2 aliphatic heterocycles. The Bertz CT molecular complexity index is 910. The van der Waals surface area contributed by atoms with Gasteiger partial charge in [0, 0.05) is 49.1 Å². The van der Waals surface area contributed by atoms with Crippen LogP contribution in [0.1, 0.15) is 36.0 Å². The van der Waals surface area contributed by atoms with Crippen molar-refractivity contribution in [1.29, 1.82) is 5.26 Å². The second-order valence-electron chi connectivity index (χ2n) is 9.54. The molecule has 1 atom stereocenters. The van der Waals surface area contributed by atoms with Gasteiger partial charge < -0.3 is 14.9 Å². The van der Waals surface area contributed by atoms with Gasteiger partial charge in [-0.2, -0.15) is 5.26 Å². The molecule has 150 valence electrons. The van der Waals surface area contributed by atoms with E-state index in [4.69, 9.17) is 10.1 Å². The van der Waals surface area contributed by atoms with Crippen LogP contribution in [0.4, 0.5) is 20.4 Å². The molecule has 0 bridgehead atoms. The number of aromatic nitrogens is 1. The van der Waals surface area contributed by atoms with Crippen LogP contribution in [0.3, 0.4) is 0 Å². The van der Waals surface area contributed by atoms with E-state index < -0.39 is 11.9 Å². The van der Waals surface area contributed by atoms with Gasteiger partial charge in [-0.15, -0.1) is 0 Å². The second-order valence-corrected chi connectivity index (χ2v) is 9.54. The molecule has 1 aliphatic carbocycles. The Kier molecular flexibility index (Phi) is 4.60. The van der Waals surface area contributed by atoms with Gasteiger partial charge in [-0.1, -0.05) is 5.11 Å². The van der Waals surface area contributed by atoms with E-state index in [0.29, 0.717) is 36.8 Å². The largest absolute Gasteiger partial charge is 0.481 e. The number of rotatable bonds is 5. The fourth-order valence-corrected chi connectivity index (χ4v) is 4.88. The van der Waals surface area contributed by atoms with Gasteiger partial charge in [0.25, 0.3) is 5.92 Å². The number of aliphatic carboxylic acids is 1. The summed E-state index contributed by atoms with van der Waals surface area (Å²) in [6, 6.07) is 2.17. The molecule has 0 saturated carbocycles. The van der Waals surface area contributed by atoms with Crippen molar-refractivity contribution in [2.45, 2.75) is 42.8 Å². The summed E-state index contributed by atoms with van der Waals surface area (Å²) in [6.07, 6.45) is 0.867. The summed E-state index contributed by atoms with van der Waals surface area (Å²) in [6.45, 7) is 1.67. The van der Waals surface area contributed by atoms with Gasteiger partial charge in [-0.25, -0.2) is 13.8 Å². The summed E-state index contributed by atoms with van der Waals surface area (Å²) in [5.74, 6) is -3.03. The lowest BCUT2D eigenvalue weighted by atomic mass is 9.38. The fraction of sp³-hybridized carbons (Fsp3) is 0.611. The van der Waals surface area contributed by atoms with Gasteiger partial charge in [0.1, 0.15) is 23.3 Å². The third kappa shape index (κ3) is 3.26. The Labute approximate surface area is 171 Å². The minimum absolute atomic E-state index is 0.00251. The molecule has 1 N–H and O–H groups in total. The van der Waals surface area contributed by atoms with Gasteiger partial charge in [-0.3, -0.25) is 4.79 Å². The SMILES string of the molecule is BC(B)(B)[C@H]1CCN1c1nc(N2CC(CC(=O)O)C2)c2c(c1C#N)C(F)(F)CC2. The summed E-state index contributed by atoms with van der Waals surface area (Å²) in [4.78, 5) is 19.6. The lowest BCUT2D eigenvalue weighted by Gasteiger charge is -2.50. The monoisotopic (exact) mass is 398 g/mol. The van der Waals surface area contributed by atoms with Gasteiger partial charge in [-0.05, 0) is 12.8 Å². The molecule has 6 nitrogen and oxygen atoms in total. The summed E-state index contributed by atoms with van der Waals surface area (Å²) >= 11 is 0. The molecule has 3 aliphatic rings. The minimum atomic E-state index is -3.04. The van der Waals surface area contributed by atoms with Crippen molar-refractivity contribution in [2.75, 3.05) is 29.4 Å². The first-order valence-corrected chi connectivity index (χ1v) is 10.1. The van der Waals surface area contributed by atoms with Gasteiger partial charge in [0.2, 0.25) is 0 Å². The highest BCUT2D eigenvalue weighted by Crippen LogP contribution is 2.50. The molecule has 1 aromatic rings. The number of fused-ring (bicyclic) bond motifs is 1. The number of nitrogens with zero attached hydrogens (tertiary/aromatic N) is 4. The first kappa shape index (κ1) is 20.1. The average molecular weight is 398 g/mol.